The first-order valence-electron chi connectivity index (χ1n) is 8.32. The zero-order valence-electron chi connectivity index (χ0n) is 13.8. The Morgan fingerprint density at radius 2 is 2.24 bits per heavy atom. The van der Waals surface area contributed by atoms with E-state index in [0.29, 0.717) is 12.0 Å². The van der Waals surface area contributed by atoms with Crippen LogP contribution in [0.15, 0.2) is 24.3 Å². The SMILES string of the molecule is CCC1CCN(CCOc2cccc(C)c2)CC(C)CN1. The molecule has 0 spiro atoms. The predicted octanol–water partition coefficient (Wildman–Crippen LogP) is 3.08. The molecule has 2 unspecified atom stereocenters. The van der Waals surface area contributed by atoms with Crippen LogP contribution in [0.2, 0.25) is 0 Å². The summed E-state index contributed by atoms with van der Waals surface area (Å²) in [5, 5.41) is 3.67. The Balaban J connectivity index is 1.78. The highest BCUT2D eigenvalue weighted by Crippen LogP contribution is 2.13. The van der Waals surface area contributed by atoms with Gasteiger partial charge in [0, 0.05) is 19.1 Å². The second-order valence-corrected chi connectivity index (χ2v) is 6.37. The maximum Gasteiger partial charge on any atom is 0.119 e. The highest BCUT2D eigenvalue weighted by Gasteiger charge is 2.17. The second kappa shape index (κ2) is 8.40. The van der Waals surface area contributed by atoms with Gasteiger partial charge in [0.25, 0.3) is 0 Å². The quantitative estimate of drug-likeness (QED) is 0.902. The van der Waals surface area contributed by atoms with Crippen molar-refractivity contribution in [2.75, 3.05) is 32.8 Å². The van der Waals surface area contributed by atoms with Gasteiger partial charge >= 0.3 is 0 Å². The highest BCUT2D eigenvalue weighted by atomic mass is 16.5. The van der Waals surface area contributed by atoms with Crippen LogP contribution in [0.4, 0.5) is 0 Å². The van der Waals surface area contributed by atoms with Crippen LogP contribution in [0.25, 0.3) is 0 Å². The van der Waals surface area contributed by atoms with Crippen LogP contribution in [-0.2, 0) is 0 Å². The Kier molecular flexibility index (Phi) is 6.52. The molecule has 118 valence electrons. The lowest BCUT2D eigenvalue weighted by molar-refractivity contribution is 0.165. The van der Waals surface area contributed by atoms with E-state index in [1.54, 1.807) is 0 Å². The minimum absolute atomic E-state index is 0.674. The van der Waals surface area contributed by atoms with Gasteiger partial charge in [-0.15, -0.1) is 0 Å². The van der Waals surface area contributed by atoms with Gasteiger partial charge < -0.3 is 10.1 Å². The molecule has 0 aromatic heterocycles. The van der Waals surface area contributed by atoms with Crippen molar-refractivity contribution in [1.82, 2.24) is 10.2 Å². The number of ether oxygens (including phenoxy) is 1. The van der Waals surface area contributed by atoms with Crippen LogP contribution in [0.5, 0.6) is 5.75 Å². The Morgan fingerprint density at radius 1 is 1.38 bits per heavy atom. The average Bonchev–Trinajstić information content (AvgIpc) is 2.45. The van der Waals surface area contributed by atoms with Crippen molar-refractivity contribution in [3.8, 4) is 5.75 Å². The van der Waals surface area contributed by atoms with Crippen molar-refractivity contribution < 1.29 is 4.74 Å². The molecule has 0 bridgehead atoms. The molecule has 0 aliphatic carbocycles. The predicted molar refractivity (Wildman–Crippen MR) is 89.0 cm³/mol. The van der Waals surface area contributed by atoms with Gasteiger partial charge in [0.15, 0.2) is 0 Å². The first-order valence-corrected chi connectivity index (χ1v) is 8.32. The third-order valence-electron chi connectivity index (χ3n) is 4.28. The van der Waals surface area contributed by atoms with E-state index in [1.165, 1.54) is 31.5 Å². The van der Waals surface area contributed by atoms with E-state index in [1.807, 2.05) is 6.07 Å². The van der Waals surface area contributed by atoms with Crippen molar-refractivity contribution >= 4 is 0 Å². The number of rotatable bonds is 5. The molecule has 2 rings (SSSR count). The molecular weight excluding hydrogens is 260 g/mol. The summed E-state index contributed by atoms with van der Waals surface area (Å²) < 4.78 is 5.89. The molecule has 1 aromatic rings. The summed E-state index contributed by atoms with van der Waals surface area (Å²) in [7, 11) is 0. The summed E-state index contributed by atoms with van der Waals surface area (Å²) in [6, 6.07) is 8.98. The van der Waals surface area contributed by atoms with E-state index >= 15 is 0 Å². The zero-order valence-corrected chi connectivity index (χ0v) is 13.8. The number of hydrogen-bond acceptors (Lipinski definition) is 3. The van der Waals surface area contributed by atoms with Crippen LogP contribution in [0.3, 0.4) is 0 Å². The van der Waals surface area contributed by atoms with Gasteiger partial charge in [0.05, 0.1) is 0 Å². The number of benzene rings is 1. The molecule has 1 saturated heterocycles. The van der Waals surface area contributed by atoms with E-state index in [2.05, 4.69) is 49.2 Å². The highest BCUT2D eigenvalue weighted by molar-refractivity contribution is 5.27. The van der Waals surface area contributed by atoms with Gasteiger partial charge in [0.1, 0.15) is 12.4 Å². The Morgan fingerprint density at radius 3 is 3.00 bits per heavy atom. The molecule has 1 aromatic carbocycles. The summed E-state index contributed by atoms with van der Waals surface area (Å²) >= 11 is 0. The van der Waals surface area contributed by atoms with Crippen molar-refractivity contribution in [3.63, 3.8) is 0 Å². The third kappa shape index (κ3) is 5.68. The van der Waals surface area contributed by atoms with Crippen LogP contribution in [-0.4, -0.2) is 43.7 Å². The number of hydrogen-bond donors (Lipinski definition) is 1. The third-order valence-corrected chi connectivity index (χ3v) is 4.28. The van der Waals surface area contributed by atoms with Gasteiger partial charge in [-0.25, -0.2) is 0 Å². The summed E-state index contributed by atoms with van der Waals surface area (Å²) in [5.74, 6) is 1.70. The Bertz CT molecular complexity index is 421. The normalized spacial score (nSPS) is 24.3. The lowest BCUT2D eigenvalue weighted by Gasteiger charge is -2.32. The molecule has 1 aliphatic heterocycles. The van der Waals surface area contributed by atoms with Gasteiger partial charge in [-0.2, -0.15) is 0 Å². The molecule has 0 amide bonds. The summed E-state index contributed by atoms with van der Waals surface area (Å²) in [6.45, 7) is 12.0. The Hall–Kier alpha value is -1.06. The molecule has 1 heterocycles. The average molecular weight is 290 g/mol. The fraction of sp³-hybridized carbons (Fsp3) is 0.667. The zero-order chi connectivity index (χ0) is 15.1. The van der Waals surface area contributed by atoms with Crippen molar-refractivity contribution in [2.24, 2.45) is 5.92 Å². The second-order valence-electron chi connectivity index (χ2n) is 6.37. The molecule has 0 saturated carbocycles. The first-order chi connectivity index (χ1) is 10.2. The molecule has 0 radical (unpaired) electrons. The van der Waals surface area contributed by atoms with Crippen molar-refractivity contribution in [1.29, 1.82) is 0 Å². The van der Waals surface area contributed by atoms with E-state index in [9.17, 15) is 0 Å². The summed E-state index contributed by atoms with van der Waals surface area (Å²) in [4.78, 5) is 2.56. The summed E-state index contributed by atoms with van der Waals surface area (Å²) in [6.07, 6.45) is 2.47. The largest absolute Gasteiger partial charge is 0.492 e. The van der Waals surface area contributed by atoms with Crippen LogP contribution in [0.1, 0.15) is 32.3 Å². The first kappa shape index (κ1) is 16.3. The summed E-state index contributed by atoms with van der Waals surface area (Å²) in [5.41, 5.74) is 1.25. The van der Waals surface area contributed by atoms with E-state index in [-0.39, 0.29) is 0 Å². The molecule has 21 heavy (non-hydrogen) atoms. The topological polar surface area (TPSA) is 24.5 Å². The molecule has 1 N–H and O–H groups in total. The van der Waals surface area contributed by atoms with Crippen molar-refractivity contribution in [3.05, 3.63) is 29.8 Å². The standard InChI is InChI=1S/C18H30N2O/c1-4-17-8-9-20(14-16(3)13-19-17)10-11-21-18-7-5-6-15(2)12-18/h5-7,12,16-17,19H,4,8-11,13-14H2,1-3H3. The number of nitrogens with one attached hydrogen (secondary N) is 1. The smallest absolute Gasteiger partial charge is 0.119 e. The molecule has 1 fully saturated rings. The lowest BCUT2D eigenvalue weighted by Crippen LogP contribution is -2.44. The van der Waals surface area contributed by atoms with E-state index < -0.39 is 0 Å². The lowest BCUT2D eigenvalue weighted by atomic mass is 10.0. The van der Waals surface area contributed by atoms with Crippen LogP contribution < -0.4 is 10.1 Å². The monoisotopic (exact) mass is 290 g/mol. The number of nitrogens with zero attached hydrogens (tertiary/aromatic N) is 1. The molecule has 3 heteroatoms. The maximum absolute atomic E-state index is 5.89. The van der Waals surface area contributed by atoms with E-state index in [0.717, 1.165) is 25.4 Å². The van der Waals surface area contributed by atoms with E-state index in [4.69, 9.17) is 4.74 Å². The number of aryl methyl sites for hydroxylation is 1. The van der Waals surface area contributed by atoms with Gasteiger partial charge in [-0.1, -0.05) is 26.0 Å². The fourth-order valence-corrected chi connectivity index (χ4v) is 2.95. The fourth-order valence-electron chi connectivity index (χ4n) is 2.95. The molecule has 2 atom stereocenters. The van der Waals surface area contributed by atoms with Gasteiger partial charge in [0.2, 0.25) is 0 Å². The van der Waals surface area contributed by atoms with Gasteiger partial charge in [-0.05, 0) is 56.5 Å². The molecule has 3 nitrogen and oxygen atoms in total. The maximum atomic E-state index is 5.89. The van der Waals surface area contributed by atoms with Gasteiger partial charge in [-0.3, -0.25) is 4.90 Å². The molecule has 1 aliphatic rings. The minimum atomic E-state index is 0.674. The van der Waals surface area contributed by atoms with Crippen LogP contribution in [0, 0.1) is 12.8 Å². The molecular formula is C18H30N2O. The Labute approximate surface area is 129 Å². The van der Waals surface area contributed by atoms with Crippen molar-refractivity contribution in [2.45, 2.75) is 39.7 Å². The minimum Gasteiger partial charge on any atom is -0.492 e. The van der Waals surface area contributed by atoms with Crippen LogP contribution >= 0.6 is 0 Å².